The summed E-state index contributed by atoms with van der Waals surface area (Å²) >= 11 is 5.99. The maximum atomic E-state index is 12.1. The molecule has 1 amide bonds. The predicted octanol–water partition coefficient (Wildman–Crippen LogP) is 2.40. The molecule has 0 radical (unpaired) electrons. The smallest absolute Gasteiger partial charge is 0.234 e. The van der Waals surface area contributed by atoms with Crippen molar-refractivity contribution in [3.05, 3.63) is 29.3 Å². The fraction of sp³-hybridized carbons (Fsp3) is 0.652. The lowest BCUT2D eigenvalue weighted by molar-refractivity contribution is -0.124. The Labute approximate surface area is 191 Å². The highest BCUT2D eigenvalue weighted by Crippen LogP contribution is 2.20. The van der Waals surface area contributed by atoms with Gasteiger partial charge in [-0.2, -0.15) is 0 Å². The van der Waals surface area contributed by atoms with Crippen molar-refractivity contribution in [1.29, 1.82) is 0 Å². The summed E-state index contributed by atoms with van der Waals surface area (Å²) in [6, 6.07) is 7.99. The molecule has 1 aromatic carbocycles. The number of aliphatic imine (C=N–C) groups is 1. The summed E-state index contributed by atoms with van der Waals surface area (Å²) in [5.74, 6) is 1.30. The average Bonchev–Trinajstić information content (AvgIpc) is 2.72. The van der Waals surface area contributed by atoms with Crippen molar-refractivity contribution in [2.45, 2.75) is 39.2 Å². The molecule has 0 spiro atoms. The van der Waals surface area contributed by atoms with Crippen LogP contribution in [0.25, 0.3) is 0 Å². The third-order valence-electron chi connectivity index (χ3n) is 5.90. The number of piperazine rings is 1. The molecule has 0 aromatic heterocycles. The van der Waals surface area contributed by atoms with Gasteiger partial charge in [-0.1, -0.05) is 11.6 Å². The van der Waals surface area contributed by atoms with Crippen molar-refractivity contribution in [2.75, 3.05) is 57.3 Å². The number of rotatable bonds is 5. The van der Waals surface area contributed by atoms with E-state index in [1.807, 2.05) is 32.9 Å². The quantitative estimate of drug-likeness (QED) is 0.534. The molecule has 3 rings (SSSR count). The lowest BCUT2D eigenvalue weighted by Gasteiger charge is -2.37. The lowest BCUT2D eigenvalue weighted by Crippen LogP contribution is -2.51. The van der Waals surface area contributed by atoms with Crippen LogP contribution in [0.3, 0.4) is 0 Å². The van der Waals surface area contributed by atoms with E-state index in [-0.39, 0.29) is 11.4 Å². The maximum absolute atomic E-state index is 12.1. The number of nitrogens with two attached hydrogens (primary N) is 1. The number of piperidine rings is 1. The van der Waals surface area contributed by atoms with Gasteiger partial charge in [-0.05, 0) is 76.9 Å². The number of carbonyl (C=O) groups is 1. The number of nitrogens with zero attached hydrogens (tertiary/aromatic N) is 4. The minimum absolute atomic E-state index is 0.103. The summed E-state index contributed by atoms with van der Waals surface area (Å²) in [5.41, 5.74) is 7.32. The number of nitrogens with one attached hydrogen (secondary N) is 1. The second-order valence-corrected chi connectivity index (χ2v) is 10.1. The molecule has 3 N–H and O–H groups in total. The number of hydrogen-bond acceptors (Lipinski definition) is 4. The molecule has 172 valence electrons. The standard InChI is InChI=1S/C23H37ClN6O/c1-23(2,3)27-21(31)17-28-10-8-18(9-11-28)16-26-22(25)30-14-12-29(13-15-30)20-6-4-19(24)5-7-20/h4-7,18H,8-17H2,1-3H3,(H2,25,26)(H,27,31). The molecular formula is C23H37ClN6O. The van der Waals surface area contributed by atoms with Crippen LogP contribution in [0.4, 0.5) is 5.69 Å². The van der Waals surface area contributed by atoms with Crippen molar-refractivity contribution < 1.29 is 4.79 Å². The Morgan fingerprint density at radius 3 is 2.29 bits per heavy atom. The highest BCUT2D eigenvalue weighted by Gasteiger charge is 2.23. The van der Waals surface area contributed by atoms with Gasteiger partial charge in [0.05, 0.1) is 6.54 Å². The molecule has 0 saturated carbocycles. The van der Waals surface area contributed by atoms with Gasteiger partial charge >= 0.3 is 0 Å². The van der Waals surface area contributed by atoms with Gasteiger partial charge in [0.1, 0.15) is 0 Å². The van der Waals surface area contributed by atoms with Crippen molar-refractivity contribution in [3.63, 3.8) is 0 Å². The Kier molecular flexibility index (Phi) is 8.06. The Hall–Kier alpha value is -1.99. The third-order valence-corrected chi connectivity index (χ3v) is 6.15. The van der Waals surface area contributed by atoms with Gasteiger partial charge in [0.25, 0.3) is 0 Å². The second-order valence-electron chi connectivity index (χ2n) is 9.67. The number of amides is 1. The third kappa shape index (κ3) is 7.58. The monoisotopic (exact) mass is 448 g/mol. The molecule has 1 aromatic rings. The summed E-state index contributed by atoms with van der Waals surface area (Å²) in [4.78, 5) is 23.6. The van der Waals surface area contributed by atoms with Gasteiger partial charge < -0.3 is 20.9 Å². The molecule has 0 unspecified atom stereocenters. The first-order valence-electron chi connectivity index (χ1n) is 11.3. The van der Waals surface area contributed by atoms with Crippen LogP contribution in [-0.2, 0) is 4.79 Å². The molecule has 8 heteroatoms. The van der Waals surface area contributed by atoms with E-state index in [2.05, 4.69) is 32.1 Å². The molecule has 2 heterocycles. The second kappa shape index (κ2) is 10.6. The zero-order valence-corrected chi connectivity index (χ0v) is 19.9. The molecule has 2 aliphatic rings. The summed E-state index contributed by atoms with van der Waals surface area (Å²) in [6.07, 6.45) is 2.12. The van der Waals surface area contributed by atoms with Gasteiger partial charge in [0, 0.05) is 49.0 Å². The van der Waals surface area contributed by atoms with E-state index < -0.39 is 0 Å². The Morgan fingerprint density at radius 1 is 1.10 bits per heavy atom. The Morgan fingerprint density at radius 2 is 1.71 bits per heavy atom. The summed E-state index contributed by atoms with van der Waals surface area (Å²) in [5, 5.41) is 3.80. The molecule has 0 aliphatic carbocycles. The van der Waals surface area contributed by atoms with E-state index in [9.17, 15) is 4.79 Å². The van der Waals surface area contributed by atoms with Gasteiger partial charge in [-0.25, -0.2) is 0 Å². The van der Waals surface area contributed by atoms with E-state index in [1.165, 1.54) is 5.69 Å². The normalized spacial score (nSPS) is 19.5. The van der Waals surface area contributed by atoms with E-state index in [0.29, 0.717) is 18.4 Å². The fourth-order valence-electron chi connectivity index (χ4n) is 4.16. The Balaban J connectivity index is 1.37. The number of halogens is 1. The van der Waals surface area contributed by atoms with Crippen LogP contribution in [-0.4, -0.2) is 79.6 Å². The highest BCUT2D eigenvalue weighted by atomic mass is 35.5. The number of carbonyl (C=O) groups excluding carboxylic acids is 1. The van der Waals surface area contributed by atoms with Gasteiger partial charge in [-0.15, -0.1) is 0 Å². The van der Waals surface area contributed by atoms with E-state index >= 15 is 0 Å². The predicted molar refractivity (Wildman–Crippen MR) is 129 cm³/mol. The Bertz CT molecular complexity index is 744. The molecule has 31 heavy (non-hydrogen) atoms. The van der Waals surface area contributed by atoms with Crippen LogP contribution >= 0.6 is 11.6 Å². The van der Waals surface area contributed by atoms with Crippen molar-refractivity contribution in [2.24, 2.45) is 16.6 Å². The number of benzene rings is 1. The minimum atomic E-state index is -0.179. The summed E-state index contributed by atoms with van der Waals surface area (Å²) in [6.45, 7) is 12.8. The molecular weight excluding hydrogens is 412 g/mol. The van der Waals surface area contributed by atoms with Gasteiger partial charge in [0.2, 0.25) is 5.91 Å². The van der Waals surface area contributed by atoms with E-state index in [1.54, 1.807) is 0 Å². The van der Waals surface area contributed by atoms with Crippen molar-refractivity contribution in [1.82, 2.24) is 15.1 Å². The average molecular weight is 449 g/mol. The lowest BCUT2D eigenvalue weighted by atomic mass is 9.97. The van der Waals surface area contributed by atoms with E-state index in [4.69, 9.17) is 22.3 Å². The van der Waals surface area contributed by atoms with Crippen LogP contribution in [0.1, 0.15) is 33.6 Å². The first kappa shape index (κ1) is 23.7. The zero-order chi connectivity index (χ0) is 22.4. The highest BCUT2D eigenvalue weighted by molar-refractivity contribution is 6.30. The number of guanidine groups is 1. The van der Waals surface area contributed by atoms with Crippen LogP contribution in [0.2, 0.25) is 5.02 Å². The minimum Gasteiger partial charge on any atom is -0.370 e. The number of likely N-dealkylation sites (tertiary alicyclic amines) is 1. The van der Waals surface area contributed by atoms with Crippen LogP contribution in [0.5, 0.6) is 0 Å². The molecule has 2 fully saturated rings. The van der Waals surface area contributed by atoms with Crippen LogP contribution in [0.15, 0.2) is 29.3 Å². The number of anilines is 1. The summed E-state index contributed by atoms with van der Waals surface area (Å²) in [7, 11) is 0. The zero-order valence-electron chi connectivity index (χ0n) is 19.1. The SMILES string of the molecule is CC(C)(C)NC(=O)CN1CCC(CN=C(N)N2CCN(c3ccc(Cl)cc3)CC2)CC1. The summed E-state index contributed by atoms with van der Waals surface area (Å²) < 4.78 is 0. The molecule has 7 nitrogen and oxygen atoms in total. The first-order chi connectivity index (χ1) is 14.7. The van der Waals surface area contributed by atoms with Crippen molar-refractivity contribution in [3.8, 4) is 0 Å². The first-order valence-corrected chi connectivity index (χ1v) is 11.7. The molecule has 2 saturated heterocycles. The topological polar surface area (TPSA) is 77.2 Å². The van der Waals surface area contributed by atoms with Crippen molar-refractivity contribution >= 4 is 29.2 Å². The van der Waals surface area contributed by atoms with Gasteiger partial charge in [-0.3, -0.25) is 14.7 Å². The molecule has 0 atom stereocenters. The fourth-order valence-corrected chi connectivity index (χ4v) is 4.28. The van der Waals surface area contributed by atoms with Crippen LogP contribution < -0.4 is 16.0 Å². The maximum Gasteiger partial charge on any atom is 0.234 e. The van der Waals surface area contributed by atoms with Crippen LogP contribution in [0, 0.1) is 5.92 Å². The largest absolute Gasteiger partial charge is 0.370 e. The van der Waals surface area contributed by atoms with Gasteiger partial charge in [0.15, 0.2) is 5.96 Å². The molecule has 0 bridgehead atoms. The molecule has 2 aliphatic heterocycles. The number of hydrogen-bond donors (Lipinski definition) is 2. The van der Waals surface area contributed by atoms with E-state index in [0.717, 1.165) is 63.7 Å².